The number of ether oxygens (including phenoxy) is 1. The lowest BCUT2D eigenvalue weighted by Crippen LogP contribution is -2.51. The van der Waals surface area contributed by atoms with Crippen molar-refractivity contribution in [1.29, 1.82) is 0 Å². The van der Waals surface area contributed by atoms with Crippen LogP contribution in [0.1, 0.15) is 42.6 Å². The molecule has 3 rings (SSSR count). The quantitative estimate of drug-likeness (QED) is 0.794. The van der Waals surface area contributed by atoms with Crippen molar-refractivity contribution in [2.24, 2.45) is 5.92 Å². The Kier molecular flexibility index (Phi) is 3.74. The molecule has 0 spiro atoms. The molecule has 2 unspecified atom stereocenters. The molecule has 2 atom stereocenters. The van der Waals surface area contributed by atoms with E-state index in [4.69, 9.17) is 4.74 Å². The van der Waals surface area contributed by atoms with Gasteiger partial charge in [-0.3, -0.25) is 4.79 Å². The number of rotatable bonds is 3. The normalized spacial score (nSPS) is 30.0. The molecule has 108 valence electrons. The smallest absolute Gasteiger partial charge is 0.188 e. The third-order valence-corrected chi connectivity index (χ3v) is 4.93. The molecule has 3 heterocycles. The highest BCUT2D eigenvalue weighted by Gasteiger charge is 2.39. The summed E-state index contributed by atoms with van der Waals surface area (Å²) in [6.45, 7) is 0. The zero-order chi connectivity index (χ0) is 14.1. The number of pyridine rings is 1. The second-order valence-electron chi connectivity index (χ2n) is 5.99. The van der Waals surface area contributed by atoms with Crippen LogP contribution in [0.25, 0.3) is 0 Å². The highest BCUT2D eigenvalue weighted by Crippen LogP contribution is 2.37. The van der Waals surface area contributed by atoms with Gasteiger partial charge in [0.1, 0.15) is 11.4 Å². The number of hydrogen-bond donors (Lipinski definition) is 0. The number of hydrogen-bond acceptors (Lipinski definition) is 4. The molecule has 0 N–H and O–H groups in total. The molecule has 0 radical (unpaired) electrons. The third kappa shape index (κ3) is 2.33. The average Bonchev–Trinajstić information content (AvgIpc) is 2.46. The molecule has 2 aliphatic rings. The molecule has 0 amide bonds. The fourth-order valence-electron chi connectivity index (χ4n) is 3.76. The van der Waals surface area contributed by atoms with Crippen molar-refractivity contribution in [3.63, 3.8) is 0 Å². The number of piperidine rings is 2. The van der Waals surface area contributed by atoms with Gasteiger partial charge in [0, 0.05) is 24.2 Å². The van der Waals surface area contributed by atoms with E-state index in [1.807, 2.05) is 6.07 Å². The van der Waals surface area contributed by atoms with E-state index >= 15 is 0 Å². The van der Waals surface area contributed by atoms with Gasteiger partial charge in [-0.25, -0.2) is 4.98 Å². The Morgan fingerprint density at radius 3 is 2.70 bits per heavy atom. The van der Waals surface area contributed by atoms with Gasteiger partial charge in [-0.2, -0.15) is 0 Å². The summed E-state index contributed by atoms with van der Waals surface area (Å²) < 4.78 is 5.28. The molecule has 2 fully saturated rings. The Balaban J connectivity index is 1.81. The van der Waals surface area contributed by atoms with E-state index in [1.165, 1.54) is 19.3 Å². The fraction of sp³-hybridized carbons (Fsp3) is 0.625. The summed E-state index contributed by atoms with van der Waals surface area (Å²) in [7, 11) is 3.80. The highest BCUT2D eigenvalue weighted by atomic mass is 16.5. The lowest BCUT2D eigenvalue weighted by atomic mass is 9.76. The first-order valence-corrected chi connectivity index (χ1v) is 7.46. The van der Waals surface area contributed by atoms with Crippen LogP contribution in [0, 0.1) is 5.92 Å². The molecule has 20 heavy (non-hydrogen) atoms. The Hall–Kier alpha value is -1.42. The Labute approximate surface area is 120 Å². The van der Waals surface area contributed by atoms with Crippen LogP contribution in [0.2, 0.25) is 0 Å². The van der Waals surface area contributed by atoms with Gasteiger partial charge in [0.15, 0.2) is 5.78 Å². The Morgan fingerprint density at radius 2 is 2.05 bits per heavy atom. The van der Waals surface area contributed by atoms with Crippen molar-refractivity contribution >= 4 is 5.78 Å². The largest absolute Gasteiger partial charge is 0.494 e. The van der Waals surface area contributed by atoms with E-state index in [9.17, 15) is 4.79 Å². The first-order chi connectivity index (χ1) is 9.70. The molecule has 2 saturated heterocycles. The van der Waals surface area contributed by atoms with Crippen LogP contribution >= 0.6 is 0 Å². The second kappa shape index (κ2) is 5.52. The second-order valence-corrected chi connectivity index (χ2v) is 5.99. The van der Waals surface area contributed by atoms with Crippen LogP contribution in [-0.4, -0.2) is 41.9 Å². The number of methoxy groups -OCH3 is 1. The monoisotopic (exact) mass is 274 g/mol. The van der Waals surface area contributed by atoms with Crippen molar-refractivity contribution in [2.75, 3.05) is 14.2 Å². The number of carbonyl (C=O) groups is 1. The van der Waals surface area contributed by atoms with Crippen LogP contribution in [-0.2, 0) is 0 Å². The molecule has 1 aromatic heterocycles. The van der Waals surface area contributed by atoms with Gasteiger partial charge in [0.05, 0.1) is 7.11 Å². The number of nitrogens with zero attached hydrogens (tertiary/aromatic N) is 2. The van der Waals surface area contributed by atoms with Gasteiger partial charge >= 0.3 is 0 Å². The number of ketones is 1. The van der Waals surface area contributed by atoms with Crippen LogP contribution in [0.4, 0.5) is 0 Å². The Morgan fingerprint density at radius 1 is 1.35 bits per heavy atom. The van der Waals surface area contributed by atoms with Crippen molar-refractivity contribution in [1.82, 2.24) is 9.88 Å². The first kappa shape index (κ1) is 13.6. The number of Topliss-reactive ketones (excluding diaryl/α,β-unsaturated/α-hetero) is 1. The third-order valence-electron chi connectivity index (χ3n) is 4.93. The predicted molar refractivity (Wildman–Crippen MR) is 77.0 cm³/mol. The van der Waals surface area contributed by atoms with Gasteiger partial charge in [-0.05, 0) is 44.9 Å². The summed E-state index contributed by atoms with van der Waals surface area (Å²) in [5.41, 5.74) is 0.502. The molecule has 0 aliphatic carbocycles. The van der Waals surface area contributed by atoms with Gasteiger partial charge in [-0.15, -0.1) is 0 Å². The van der Waals surface area contributed by atoms with E-state index in [0.717, 1.165) is 12.8 Å². The van der Waals surface area contributed by atoms with E-state index in [-0.39, 0.29) is 11.7 Å². The van der Waals surface area contributed by atoms with Crippen molar-refractivity contribution < 1.29 is 9.53 Å². The SMILES string of the molecule is COc1cccnc1C(=O)C1CC2CCCC(C1)N2C. The summed E-state index contributed by atoms with van der Waals surface area (Å²) in [6.07, 6.45) is 7.34. The maximum Gasteiger partial charge on any atom is 0.188 e. The molecule has 2 aliphatic heterocycles. The van der Waals surface area contributed by atoms with Gasteiger partial charge in [-0.1, -0.05) is 6.42 Å². The average molecular weight is 274 g/mol. The molecule has 4 nitrogen and oxygen atoms in total. The van der Waals surface area contributed by atoms with Crippen LogP contribution in [0.15, 0.2) is 18.3 Å². The van der Waals surface area contributed by atoms with Crippen LogP contribution < -0.4 is 4.74 Å². The zero-order valence-corrected chi connectivity index (χ0v) is 12.2. The van der Waals surface area contributed by atoms with E-state index in [1.54, 1.807) is 19.4 Å². The minimum Gasteiger partial charge on any atom is -0.494 e. The number of aromatic nitrogens is 1. The van der Waals surface area contributed by atoms with E-state index in [0.29, 0.717) is 23.5 Å². The molecule has 2 bridgehead atoms. The summed E-state index contributed by atoms with van der Waals surface area (Å²) >= 11 is 0. The molecule has 4 heteroatoms. The van der Waals surface area contributed by atoms with Gasteiger partial charge in [0.25, 0.3) is 0 Å². The van der Waals surface area contributed by atoms with Crippen LogP contribution in [0.5, 0.6) is 5.75 Å². The Bertz CT molecular complexity index is 489. The number of fused-ring (bicyclic) bond motifs is 2. The lowest BCUT2D eigenvalue weighted by Gasteiger charge is -2.46. The van der Waals surface area contributed by atoms with Crippen molar-refractivity contribution in [3.05, 3.63) is 24.0 Å². The molecule has 0 saturated carbocycles. The molecular weight excluding hydrogens is 252 g/mol. The molecular formula is C16H22N2O2. The summed E-state index contributed by atoms with van der Waals surface area (Å²) in [5.74, 6) is 0.860. The zero-order valence-electron chi connectivity index (χ0n) is 12.2. The predicted octanol–water partition coefficient (Wildman–Crippen LogP) is 2.54. The molecule has 1 aromatic rings. The maximum absolute atomic E-state index is 12.8. The van der Waals surface area contributed by atoms with E-state index < -0.39 is 0 Å². The molecule has 0 aromatic carbocycles. The van der Waals surface area contributed by atoms with Crippen molar-refractivity contribution in [3.8, 4) is 5.75 Å². The van der Waals surface area contributed by atoms with E-state index in [2.05, 4.69) is 16.9 Å². The topological polar surface area (TPSA) is 42.4 Å². The summed E-state index contributed by atoms with van der Waals surface area (Å²) in [6, 6.07) is 4.74. The minimum absolute atomic E-state index is 0.102. The fourth-order valence-corrected chi connectivity index (χ4v) is 3.76. The number of carbonyl (C=O) groups excluding carboxylic acids is 1. The summed E-state index contributed by atoms with van der Waals surface area (Å²) in [5, 5.41) is 0. The highest BCUT2D eigenvalue weighted by molar-refractivity contribution is 5.98. The minimum atomic E-state index is 0.102. The maximum atomic E-state index is 12.8. The van der Waals surface area contributed by atoms with Gasteiger partial charge in [0.2, 0.25) is 0 Å². The summed E-state index contributed by atoms with van der Waals surface area (Å²) in [4.78, 5) is 19.5. The van der Waals surface area contributed by atoms with Gasteiger partial charge < -0.3 is 9.64 Å². The standard InChI is InChI=1S/C16H22N2O2/c1-18-12-5-3-6-13(18)10-11(9-12)16(19)15-14(20-2)7-4-8-17-15/h4,7-8,11-13H,3,5-6,9-10H2,1-2H3. The van der Waals surface area contributed by atoms with Crippen LogP contribution in [0.3, 0.4) is 0 Å². The lowest BCUT2D eigenvalue weighted by molar-refractivity contribution is 0.0335. The first-order valence-electron chi connectivity index (χ1n) is 7.46. The van der Waals surface area contributed by atoms with Crippen molar-refractivity contribution in [2.45, 2.75) is 44.2 Å².